The summed E-state index contributed by atoms with van der Waals surface area (Å²) in [4.78, 5) is 22.2. The van der Waals surface area contributed by atoms with E-state index in [2.05, 4.69) is 15.0 Å². The molecule has 0 aliphatic rings. The lowest BCUT2D eigenvalue weighted by molar-refractivity contribution is 0.222. The summed E-state index contributed by atoms with van der Waals surface area (Å²) in [6.07, 6.45) is 1.56. The number of H-pyrrole nitrogens is 1. The smallest absolute Gasteiger partial charge is 0.298 e. The number of fused-ring (bicyclic) bond motifs is 1. The first-order chi connectivity index (χ1) is 7.16. The van der Waals surface area contributed by atoms with Gasteiger partial charge in [0.15, 0.2) is 5.65 Å². The number of rotatable bonds is 2. The van der Waals surface area contributed by atoms with Crippen LogP contribution in [0.15, 0.2) is 23.1 Å². The molecular formula is C10H11N3O2. The molecule has 0 unspecified atom stereocenters. The fourth-order valence-electron chi connectivity index (χ4n) is 1.23. The summed E-state index contributed by atoms with van der Waals surface area (Å²) in [5.41, 5.74) is 0.167. The van der Waals surface area contributed by atoms with Crippen molar-refractivity contribution in [3.8, 4) is 6.01 Å². The second-order valence-electron chi connectivity index (χ2n) is 3.41. The fraction of sp³-hybridized carbons (Fsp3) is 0.300. The largest absolute Gasteiger partial charge is 0.462 e. The first-order valence-corrected chi connectivity index (χ1v) is 4.68. The number of aromatic amines is 1. The highest BCUT2D eigenvalue weighted by molar-refractivity contribution is 5.72. The topological polar surface area (TPSA) is 67.9 Å². The van der Waals surface area contributed by atoms with Crippen molar-refractivity contribution in [3.05, 3.63) is 28.7 Å². The maximum atomic E-state index is 11.6. The number of pyridine rings is 1. The van der Waals surface area contributed by atoms with Gasteiger partial charge in [0.1, 0.15) is 0 Å². The van der Waals surface area contributed by atoms with Gasteiger partial charge in [-0.3, -0.25) is 9.78 Å². The lowest BCUT2D eigenvalue weighted by Gasteiger charge is -2.07. The monoisotopic (exact) mass is 205 g/mol. The van der Waals surface area contributed by atoms with Crippen LogP contribution in [0.2, 0.25) is 0 Å². The van der Waals surface area contributed by atoms with Gasteiger partial charge in [-0.05, 0) is 26.0 Å². The van der Waals surface area contributed by atoms with Crippen LogP contribution in [0.5, 0.6) is 6.01 Å². The predicted octanol–water partition coefficient (Wildman–Crippen LogP) is 1.11. The van der Waals surface area contributed by atoms with Crippen LogP contribution in [0.4, 0.5) is 0 Å². The van der Waals surface area contributed by atoms with E-state index < -0.39 is 0 Å². The Morgan fingerprint density at radius 3 is 3.00 bits per heavy atom. The van der Waals surface area contributed by atoms with Gasteiger partial charge < -0.3 is 4.74 Å². The minimum atomic E-state index is -0.233. The van der Waals surface area contributed by atoms with E-state index in [1.807, 2.05) is 13.8 Å². The maximum absolute atomic E-state index is 11.6. The van der Waals surface area contributed by atoms with Crippen molar-refractivity contribution in [1.82, 2.24) is 15.0 Å². The molecule has 0 amide bonds. The number of ether oxygens (including phenoxy) is 1. The van der Waals surface area contributed by atoms with Gasteiger partial charge in [0.25, 0.3) is 11.6 Å². The molecule has 0 aromatic carbocycles. The zero-order valence-electron chi connectivity index (χ0n) is 8.52. The van der Waals surface area contributed by atoms with E-state index in [1.54, 1.807) is 18.3 Å². The highest BCUT2D eigenvalue weighted by atomic mass is 16.5. The molecule has 0 fully saturated rings. The van der Waals surface area contributed by atoms with Gasteiger partial charge >= 0.3 is 0 Å². The summed E-state index contributed by atoms with van der Waals surface area (Å²) in [5.74, 6) is 0. The molecule has 0 spiro atoms. The molecule has 2 heterocycles. The van der Waals surface area contributed by atoms with Crippen LogP contribution in [0.25, 0.3) is 11.0 Å². The molecule has 0 radical (unpaired) electrons. The molecule has 0 atom stereocenters. The standard InChI is InChI=1S/C10H11N3O2/c1-6(2)15-10-12-8-7(9(14)13-10)4-3-5-11-8/h3-6H,1-2H3,(H,11,12,13,14). The third-order valence-corrected chi connectivity index (χ3v) is 1.81. The third-order valence-electron chi connectivity index (χ3n) is 1.81. The minimum Gasteiger partial charge on any atom is -0.462 e. The Morgan fingerprint density at radius 1 is 1.47 bits per heavy atom. The predicted molar refractivity (Wildman–Crippen MR) is 55.9 cm³/mol. The molecule has 2 rings (SSSR count). The van der Waals surface area contributed by atoms with Gasteiger partial charge in [0.05, 0.1) is 11.5 Å². The Balaban J connectivity index is 2.57. The molecule has 78 valence electrons. The highest BCUT2D eigenvalue weighted by Crippen LogP contribution is 2.07. The molecule has 0 bridgehead atoms. The van der Waals surface area contributed by atoms with E-state index in [9.17, 15) is 4.79 Å². The van der Waals surface area contributed by atoms with Gasteiger partial charge in [-0.15, -0.1) is 0 Å². The zero-order chi connectivity index (χ0) is 10.8. The average molecular weight is 205 g/mol. The van der Waals surface area contributed by atoms with Crippen molar-refractivity contribution in [2.24, 2.45) is 0 Å². The highest BCUT2D eigenvalue weighted by Gasteiger charge is 2.05. The van der Waals surface area contributed by atoms with E-state index in [4.69, 9.17) is 4.74 Å². The van der Waals surface area contributed by atoms with Crippen LogP contribution < -0.4 is 10.3 Å². The van der Waals surface area contributed by atoms with E-state index in [0.29, 0.717) is 11.0 Å². The van der Waals surface area contributed by atoms with Crippen molar-refractivity contribution in [2.75, 3.05) is 0 Å². The van der Waals surface area contributed by atoms with Gasteiger partial charge in [-0.2, -0.15) is 4.98 Å². The second-order valence-corrected chi connectivity index (χ2v) is 3.41. The maximum Gasteiger partial charge on any atom is 0.298 e. The number of aromatic nitrogens is 3. The Labute approximate surface area is 86.1 Å². The molecule has 0 saturated carbocycles. The molecular weight excluding hydrogens is 194 g/mol. The molecule has 5 nitrogen and oxygen atoms in total. The first-order valence-electron chi connectivity index (χ1n) is 4.68. The fourth-order valence-corrected chi connectivity index (χ4v) is 1.23. The summed E-state index contributed by atoms with van der Waals surface area (Å²) in [6.45, 7) is 3.73. The van der Waals surface area contributed by atoms with Crippen LogP contribution in [-0.2, 0) is 0 Å². The van der Waals surface area contributed by atoms with Crippen LogP contribution >= 0.6 is 0 Å². The van der Waals surface area contributed by atoms with Crippen LogP contribution in [0, 0.1) is 0 Å². The molecule has 15 heavy (non-hydrogen) atoms. The lowest BCUT2D eigenvalue weighted by Crippen LogP contribution is -2.15. The number of hydrogen-bond donors (Lipinski definition) is 1. The van der Waals surface area contributed by atoms with Crippen LogP contribution in [0.3, 0.4) is 0 Å². The summed E-state index contributed by atoms with van der Waals surface area (Å²) in [7, 11) is 0. The van der Waals surface area contributed by atoms with Gasteiger partial charge in [0.2, 0.25) is 0 Å². The van der Waals surface area contributed by atoms with Crippen molar-refractivity contribution in [3.63, 3.8) is 0 Å². The SMILES string of the molecule is CC(C)Oc1nc2ncccc2c(=O)[nH]1. The molecule has 0 saturated heterocycles. The Kier molecular flexibility index (Phi) is 2.37. The van der Waals surface area contributed by atoms with E-state index in [1.165, 1.54) is 0 Å². The quantitative estimate of drug-likeness (QED) is 0.797. The number of nitrogens with one attached hydrogen (secondary N) is 1. The van der Waals surface area contributed by atoms with Crippen molar-refractivity contribution < 1.29 is 4.74 Å². The van der Waals surface area contributed by atoms with Gasteiger partial charge in [-0.1, -0.05) is 0 Å². The average Bonchev–Trinajstić information content (AvgIpc) is 2.16. The van der Waals surface area contributed by atoms with Crippen molar-refractivity contribution >= 4 is 11.0 Å². The van der Waals surface area contributed by atoms with E-state index in [0.717, 1.165) is 0 Å². The summed E-state index contributed by atoms with van der Waals surface area (Å²) >= 11 is 0. The molecule has 0 aliphatic heterocycles. The molecule has 2 aromatic heterocycles. The summed E-state index contributed by atoms with van der Waals surface area (Å²) in [6, 6.07) is 3.58. The minimum absolute atomic E-state index is 0.0330. The normalized spacial score (nSPS) is 10.9. The number of nitrogens with zero attached hydrogens (tertiary/aromatic N) is 2. The van der Waals surface area contributed by atoms with E-state index >= 15 is 0 Å². The zero-order valence-corrected chi connectivity index (χ0v) is 8.52. The first kappa shape index (κ1) is 9.64. The lowest BCUT2D eigenvalue weighted by atomic mass is 10.3. The second kappa shape index (κ2) is 3.68. The van der Waals surface area contributed by atoms with Gasteiger partial charge in [0, 0.05) is 6.20 Å². The number of hydrogen-bond acceptors (Lipinski definition) is 4. The molecule has 0 aliphatic carbocycles. The van der Waals surface area contributed by atoms with Crippen LogP contribution in [-0.4, -0.2) is 21.1 Å². The van der Waals surface area contributed by atoms with E-state index in [-0.39, 0.29) is 17.7 Å². The Morgan fingerprint density at radius 2 is 2.27 bits per heavy atom. The van der Waals surface area contributed by atoms with Crippen molar-refractivity contribution in [1.29, 1.82) is 0 Å². The molecule has 1 N–H and O–H groups in total. The van der Waals surface area contributed by atoms with Crippen LogP contribution in [0.1, 0.15) is 13.8 Å². The summed E-state index contributed by atoms with van der Waals surface area (Å²) < 4.78 is 5.30. The Hall–Kier alpha value is -1.91. The van der Waals surface area contributed by atoms with Gasteiger partial charge in [-0.25, -0.2) is 4.98 Å². The Bertz CT molecular complexity index is 533. The van der Waals surface area contributed by atoms with Crippen molar-refractivity contribution in [2.45, 2.75) is 20.0 Å². The molecule has 2 aromatic rings. The molecule has 5 heteroatoms. The third kappa shape index (κ3) is 1.96. The summed E-state index contributed by atoms with van der Waals surface area (Å²) in [5, 5.41) is 0.466.